The summed E-state index contributed by atoms with van der Waals surface area (Å²) in [6.07, 6.45) is 10.2. The van der Waals surface area contributed by atoms with Crippen LogP contribution in [-0.2, 0) is 19.1 Å². The zero-order chi connectivity index (χ0) is 27.8. The molecule has 208 valence electrons. The van der Waals surface area contributed by atoms with Gasteiger partial charge in [-0.3, -0.25) is 14.4 Å². The fourth-order valence-corrected chi connectivity index (χ4v) is 9.58. The van der Waals surface area contributed by atoms with Crippen molar-refractivity contribution in [3.05, 3.63) is 11.6 Å². The quantitative estimate of drug-likeness (QED) is 0.387. The van der Waals surface area contributed by atoms with E-state index in [0.717, 1.165) is 51.4 Å². The van der Waals surface area contributed by atoms with Crippen LogP contribution in [0.4, 0.5) is 0 Å². The van der Waals surface area contributed by atoms with Gasteiger partial charge in [0.15, 0.2) is 5.78 Å². The third kappa shape index (κ3) is 4.22. The number of esters is 1. The fourth-order valence-electron chi connectivity index (χ4n) is 9.58. The molecule has 0 aromatic rings. The van der Waals surface area contributed by atoms with E-state index in [1.807, 2.05) is 19.9 Å². The van der Waals surface area contributed by atoms with Crippen LogP contribution in [0.3, 0.4) is 0 Å². The maximum atomic E-state index is 14.1. The molecule has 7 atom stereocenters. The van der Waals surface area contributed by atoms with Gasteiger partial charge >= 0.3 is 11.9 Å². The van der Waals surface area contributed by atoms with Gasteiger partial charge in [-0.25, -0.2) is 0 Å². The molecule has 1 N–H and O–H groups in total. The standard InChI is InChI=1S/C32H50O5/c1-20(33)37-24-11-12-30(7)23(28(24,4)5)10-13-32(9)25(30)22(34)18-21-19-29(6,16-17-31(21,32)8)15-14-27(2,3)26(35)36/h18,23-25H,10-17,19H2,1-9H3,(H,35,36). The molecule has 3 fully saturated rings. The van der Waals surface area contributed by atoms with E-state index in [4.69, 9.17) is 4.74 Å². The van der Waals surface area contributed by atoms with Crippen LogP contribution in [-0.4, -0.2) is 28.9 Å². The van der Waals surface area contributed by atoms with E-state index in [9.17, 15) is 19.5 Å². The van der Waals surface area contributed by atoms with Gasteiger partial charge in [-0.2, -0.15) is 0 Å². The van der Waals surface area contributed by atoms with Gasteiger partial charge in [-0.05, 0) is 105 Å². The van der Waals surface area contributed by atoms with Gasteiger partial charge in [0.1, 0.15) is 6.10 Å². The molecule has 0 heterocycles. The van der Waals surface area contributed by atoms with E-state index in [-0.39, 0.29) is 45.1 Å². The van der Waals surface area contributed by atoms with Crippen LogP contribution in [0.5, 0.6) is 0 Å². The van der Waals surface area contributed by atoms with Crippen molar-refractivity contribution in [2.24, 2.45) is 44.3 Å². The SMILES string of the molecule is CC(=O)OC1CCC2(C)C(CCC3(C)C2C(=O)C=C2CC(C)(CCC(C)(C)C(=O)O)CCC23C)C1(C)C. The number of carboxylic acids is 1. The van der Waals surface area contributed by atoms with Crippen molar-refractivity contribution in [1.82, 2.24) is 0 Å². The van der Waals surface area contributed by atoms with E-state index in [1.54, 1.807) is 0 Å². The van der Waals surface area contributed by atoms with E-state index in [1.165, 1.54) is 12.5 Å². The van der Waals surface area contributed by atoms with Crippen molar-refractivity contribution in [1.29, 1.82) is 0 Å². The zero-order valence-corrected chi connectivity index (χ0v) is 24.8. The molecule has 4 aliphatic rings. The van der Waals surface area contributed by atoms with E-state index in [2.05, 4.69) is 41.5 Å². The number of rotatable bonds is 5. The maximum Gasteiger partial charge on any atom is 0.309 e. The lowest BCUT2D eigenvalue weighted by Gasteiger charge is -2.69. The lowest BCUT2D eigenvalue weighted by Crippen LogP contribution is -2.65. The molecule has 37 heavy (non-hydrogen) atoms. The number of fused-ring (bicyclic) bond motifs is 5. The van der Waals surface area contributed by atoms with E-state index in [0.29, 0.717) is 18.1 Å². The molecule has 0 aromatic heterocycles. The minimum Gasteiger partial charge on any atom is -0.481 e. The average Bonchev–Trinajstić information content (AvgIpc) is 2.76. The Bertz CT molecular complexity index is 1020. The zero-order valence-electron chi connectivity index (χ0n) is 24.8. The molecule has 0 aliphatic heterocycles. The molecule has 0 radical (unpaired) electrons. The molecule has 0 saturated heterocycles. The number of hydrogen-bond acceptors (Lipinski definition) is 4. The van der Waals surface area contributed by atoms with Gasteiger partial charge in [0, 0.05) is 18.3 Å². The Balaban J connectivity index is 1.65. The molecule has 7 unspecified atom stereocenters. The van der Waals surface area contributed by atoms with Crippen LogP contribution < -0.4 is 0 Å². The summed E-state index contributed by atoms with van der Waals surface area (Å²) in [7, 11) is 0. The minimum absolute atomic E-state index is 0.0206. The minimum atomic E-state index is -0.740. The Morgan fingerprint density at radius 1 is 1.03 bits per heavy atom. The van der Waals surface area contributed by atoms with E-state index < -0.39 is 11.4 Å². The van der Waals surface area contributed by atoms with Crippen molar-refractivity contribution >= 4 is 17.7 Å². The second-order valence-electron chi connectivity index (χ2n) is 15.5. The van der Waals surface area contributed by atoms with Crippen LogP contribution >= 0.6 is 0 Å². The van der Waals surface area contributed by atoms with Crippen LogP contribution in [0.2, 0.25) is 0 Å². The topological polar surface area (TPSA) is 80.7 Å². The molecule has 5 nitrogen and oxygen atoms in total. The summed E-state index contributed by atoms with van der Waals surface area (Å²) in [5.41, 5.74) is 0.154. The summed E-state index contributed by atoms with van der Waals surface area (Å²) in [4.78, 5) is 37.7. The molecular formula is C32H50O5. The third-order valence-electron chi connectivity index (χ3n) is 12.4. The smallest absolute Gasteiger partial charge is 0.309 e. The van der Waals surface area contributed by atoms with Gasteiger partial charge in [0.25, 0.3) is 0 Å². The highest BCUT2D eigenvalue weighted by atomic mass is 16.5. The first-order valence-corrected chi connectivity index (χ1v) is 14.5. The van der Waals surface area contributed by atoms with Gasteiger partial charge in [0.2, 0.25) is 0 Å². The van der Waals surface area contributed by atoms with Crippen molar-refractivity contribution < 1.29 is 24.2 Å². The normalized spacial score (nSPS) is 43.1. The molecule has 4 aliphatic carbocycles. The number of carbonyl (C=O) groups is 3. The molecule has 0 spiro atoms. The maximum absolute atomic E-state index is 14.1. The number of hydrogen-bond donors (Lipinski definition) is 1. The fraction of sp³-hybridized carbons (Fsp3) is 0.844. The molecule has 0 aromatic carbocycles. The molecule has 4 rings (SSSR count). The average molecular weight is 515 g/mol. The largest absolute Gasteiger partial charge is 0.481 e. The lowest BCUT2D eigenvalue weighted by molar-refractivity contribution is -0.207. The van der Waals surface area contributed by atoms with Gasteiger partial charge in [-0.1, -0.05) is 47.1 Å². The van der Waals surface area contributed by atoms with Crippen molar-refractivity contribution in [2.45, 2.75) is 126 Å². The highest BCUT2D eigenvalue weighted by Gasteiger charge is 2.68. The Morgan fingerprint density at radius 2 is 1.68 bits per heavy atom. The highest BCUT2D eigenvalue weighted by Crippen LogP contribution is 2.73. The predicted octanol–water partition coefficient (Wildman–Crippen LogP) is 7.37. The van der Waals surface area contributed by atoms with E-state index >= 15 is 0 Å². The number of aliphatic carboxylic acids is 1. The molecule has 0 bridgehead atoms. The Hall–Kier alpha value is -1.65. The Labute approximate surface area is 224 Å². The van der Waals surface area contributed by atoms with Crippen LogP contribution in [0.15, 0.2) is 11.6 Å². The number of ketones is 1. The number of carbonyl (C=O) groups excluding carboxylic acids is 2. The number of carboxylic acid groups (broad SMARTS) is 1. The Kier molecular flexibility index (Phi) is 6.65. The van der Waals surface area contributed by atoms with Crippen LogP contribution in [0.1, 0.15) is 120 Å². The second-order valence-corrected chi connectivity index (χ2v) is 15.5. The lowest BCUT2D eigenvalue weighted by atomic mass is 9.35. The summed E-state index contributed by atoms with van der Waals surface area (Å²) in [5, 5.41) is 9.62. The van der Waals surface area contributed by atoms with Crippen molar-refractivity contribution in [3.8, 4) is 0 Å². The third-order valence-corrected chi connectivity index (χ3v) is 12.4. The van der Waals surface area contributed by atoms with Gasteiger partial charge < -0.3 is 9.84 Å². The number of ether oxygens (including phenoxy) is 1. The van der Waals surface area contributed by atoms with Crippen LogP contribution in [0.25, 0.3) is 0 Å². The predicted molar refractivity (Wildman–Crippen MR) is 145 cm³/mol. The first-order valence-electron chi connectivity index (χ1n) is 14.5. The number of allylic oxidation sites excluding steroid dienone is 2. The van der Waals surface area contributed by atoms with Crippen molar-refractivity contribution in [2.75, 3.05) is 0 Å². The monoisotopic (exact) mass is 514 g/mol. The summed E-state index contributed by atoms with van der Waals surface area (Å²) in [6, 6.07) is 0. The first-order chi connectivity index (χ1) is 16.8. The van der Waals surface area contributed by atoms with Crippen LogP contribution in [0, 0.1) is 44.3 Å². The molecule has 5 heteroatoms. The molecule has 3 saturated carbocycles. The molecular weight excluding hydrogens is 464 g/mol. The summed E-state index contributed by atoms with van der Waals surface area (Å²) >= 11 is 0. The van der Waals surface area contributed by atoms with Gasteiger partial charge in [0.05, 0.1) is 5.41 Å². The second kappa shape index (κ2) is 8.68. The molecule has 0 amide bonds. The highest BCUT2D eigenvalue weighted by molar-refractivity contribution is 5.95. The summed E-state index contributed by atoms with van der Waals surface area (Å²) in [5.74, 6) is -0.367. The van der Waals surface area contributed by atoms with Crippen molar-refractivity contribution in [3.63, 3.8) is 0 Å². The summed E-state index contributed by atoms with van der Waals surface area (Å²) < 4.78 is 5.81. The Morgan fingerprint density at radius 3 is 2.27 bits per heavy atom. The first kappa shape index (κ1) is 28.4. The summed E-state index contributed by atoms with van der Waals surface area (Å²) in [6.45, 7) is 19.1. The van der Waals surface area contributed by atoms with Gasteiger partial charge in [-0.15, -0.1) is 0 Å².